The number of ether oxygens (including phenoxy) is 2. The van der Waals surface area contributed by atoms with Gasteiger partial charge in [-0.25, -0.2) is 4.98 Å². The predicted octanol–water partition coefficient (Wildman–Crippen LogP) is 6.29. The summed E-state index contributed by atoms with van der Waals surface area (Å²) in [6.07, 6.45) is 8.28. The molecule has 4 atom stereocenters. The number of fused-ring (bicyclic) bond motifs is 9. The number of thiophene rings is 1. The first kappa shape index (κ1) is 24.0. The maximum atomic E-state index is 13.9. The summed E-state index contributed by atoms with van der Waals surface area (Å²) >= 11 is 1.77. The molecule has 0 aliphatic heterocycles. The van der Waals surface area contributed by atoms with Gasteiger partial charge in [-0.15, -0.1) is 11.3 Å². The molecule has 2 aromatic carbocycles. The molecule has 38 heavy (non-hydrogen) atoms. The SMILES string of the molecule is COc1ccc(CCn2cnc3sc4c(c3c2=O)[C@]2(C)CC[C@H]3c5ccc(OC)cc5CC[C@@H]3[C@H]2C4)cc1. The molecule has 6 heteroatoms. The van der Waals surface area contributed by atoms with Gasteiger partial charge in [-0.1, -0.05) is 25.1 Å². The second-order valence-corrected chi connectivity index (χ2v) is 12.6. The van der Waals surface area contributed by atoms with E-state index in [0.29, 0.717) is 24.3 Å². The van der Waals surface area contributed by atoms with E-state index >= 15 is 0 Å². The van der Waals surface area contributed by atoms with Crippen molar-refractivity contribution in [2.24, 2.45) is 11.8 Å². The summed E-state index contributed by atoms with van der Waals surface area (Å²) in [7, 11) is 3.43. The lowest BCUT2D eigenvalue weighted by Gasteiger charge is -2.49. The molecule has 196 valence electrons. The third-order valence-corrected chi connectivity index (χ3v) is 11.0. The molecule has 0 N–H and O–H groups in total. The lowest BCUT2D eigenvalue weighted by Crippen LogP contribution is -2.43. The number of hydrogen-bond acceptors (Lipinski definition) is 5. The number of methoxy groups -OCH3 is 2. The van der Waals surface area contributed by atoms with Crippen LogP contribution in [0.1, 0.15) is 59.2 Å². The second kappa shape index (κ2) is 8.98. The van der Waals surface area contributed by atoms with E-state index in [1.54, 1.807) is 31.9 Å². The molecular weight excluding hydrogens is 492 g/mol. The van der Waals surface area contributed by atoms with Crippen molar-refractivity contribution in [1.29, 1.82) is 0 Å². The summed E-state index contributed by atoms with van der Waals surface area (Å²) in [6, 6.07) is 14.8. The molecule has 0 amide bonds. The zero-order valence-corrected chi connectivity index (χ0v) is 23.1. The molecule has 3 aliphatic rings. The maximum Gasteiger partial charge on any atom is 0.262 e. The number of nitrogens with zero attached hydrogens (tertiary/aromatic N) is 2. The quantitative estimate of drug-likeness (QED) is 0.307. The molecule has 0 bridgehead atoms. The van der Waals surface area contributed by atoms with E-state index in [1.165, 1.54) is 40.0 Å². The molecule has 2 heterocycles. The van der Waals surface area contributed by atoms with Gasteiger partial charge in [0.15, 0.2) is 0 Å². The number of benzene rings is 2. The fraction of sp³-hybridized carbons (Fsp3) is 0.438. The van der Waals surface area contributed by atoms with Gasteiger partial charge in [0.25, 0.3) is 5.56 Å². The van der Waals surface area contributed by atoms with Gasteiger partial charge in [-0.05, 0) is 108 Å². The third-order valence-electron chi connectivity index (χ3n) is 9.85. The van der Waals surface area contributed by atoms with Crippen molar-refractivity contribution in [3.8, 4) is 11.5 Å². The number of aromatic nitrogens is 2. The normalized spacial score (nSPS) is 25.4. The monoisotopic (exact) mass is 526 g/mol. The van der Waals surface area contributed by atoms with Crippen LogP contribution in [-0.2, 0) is 31.2 Å². The van der Waals surface area contributed by atoms with Gasteiger partial charge >= 0.3 is 0 Å². The zero-order valence-electron chi connectivity index (χ0n) is 22.3. The summed E-state index contributed by atoms with van der Waals surface area (Å²) in [5.74, 6) is 3.68. The number of aryl methyl sites for hydroxylation is 3. The summed E-state index contributed by atoms with van der Waals surface area (Å²) in [6.45, 7) is 3.08. The van der Waals surface area contributed by atoms with Gasteiger partial charge in [-0.2, -0.15) is 0 Å². The molecule has 0 radical (unpaired) electrons. The van der Waals surface area contributed by atoms with Crippen LogP contribution in [0.15, 0.2) is 53.6 Å². The molecule has 0 saturated heterocycles. The Morgan fingerprint density at radius 3 is 2.66 bits per heavy atom. The van der Waals surface area contributed by atoms with Gasteiger partial charge in [0, 0.05) is 11.4 Å². The smallest absolute Gasteiger partial charge is 0.262 e. The topological polar surface area (TPSA) is 53.4 Å². The van der Waals surface area contributed by atoms with E-state index in [9.17, 15) is 4.79 Å². The minimum absolute atomic E-state index is 0.0503. The number of hydrogen-bond donors (Lipinski definition) is 0. The van der Waals surface area contributed by atoms with E-state index in [-0.39, 0.29) is 11.0 Å². The van der Waals surface area contributed by atoms with Crippen LogP contribution in [-0.4, -0.2) is 23.8 Å². The molecule has 2 aromatic heterocycles. The Labute approximate surface area is 227 Å². The summed E-state index contributed by atoms with van der Waals surface area (Å²) in [4.78, 5) is 21.0. The minimum Gasteiger partial charge on any atom is -0.497 e. The summed E-state index contributed by atoms with van der Waals surface area (Å²) < 4.78 is 12.6. The molecule has 5 nitrogen and oxygen atoms in total. The van der Waals surface area contributed by atoms with Crippen molar-refractivity contribution in [3.05, 3.63) is 86.3 Å². The van der Waals surface area contributed by atoms with E-state index in [1.807, 2.05) is 16.7 Å². The van der Waals surface area contributed by atoms with E-state index in [2.05, 4.69) is 37.3 Å². The van der Waals surface area contributed by atoms with Crippen molar-refractivity contribution in [2.45, 2.75) is 63.3 Å². The molecular formula is C32H34N2O3S. The molecule has 0 spiro atoms. The molecule has 0 unspecified atom stereocenters. The first-order valence-electron chi connectivity index (χ1n) is 13.8. The predicted molar refractivity (Wildman–Crippen MR) is 152 cm³/mol. The van der Waals surface area contributed by atoms with Gasteiger partial charge in [0.2, 0.25) is 0 Å². The van der Waals surface area contributed by atoms with Crippen LogP contribution in [0.3, 0.4) is 0 Å². The Morgan fingerprint density at radius 1 is 1.08 bits per heavy atom. The van der Waals surface area contributed by atoms with E-state index in [0.717, 1.165) is 47.4 Å². The first-order chi connectivity index (χ1) is 18.5. The molecule has 1 saturated carbocycles. The average Bonchev–Trinajstić information content (AvgIpc) is 3.47. The van der Waals surface area contributed by atoms with Crippen LogP contribution in [0.25, 0.3) is 10.2 Å². The largest absolute Gasteiger partial charge is 0.497 e. The Hall–Kier alpha value is -3.12. The van der Waals surface area contributed by atoms with Crippen LogP contribution >= 0.6 is 11.3 Å². The summed E-state index contributed by atoms with van der Waals surface area (Å²) in [5, 5.41) is 0.895. The highest BCUT2D eigenvalue weighted by atomic mass is 32.1. The average molecular weight is 527 g/mol. The standard InChI is InChI=1S/C32H34N2O3S/c1-32-14-12-24-23-11-9-22(37-3)16-20(23)6-10-25(24)26(32)17-27-29(32)28-30(38-27)33-18-34(31(28)35)15-13-19-4-7-21(36-2)8-5-19/h4-5,7-9,11,16,18,24-26H,6,10,12-15,17H2,1-3H3/t24-,25-,26+,32+/m0/s1. The molecule has 4 aromatic rings. The number of rotatable bonds is 5. The van der Waals surface area contributed by atoms with Crippen LogP contribution in [0.5, 0.6) is 11.5 Å². The van der Waals surface area contributed by atoms with Crippen LogP contribution in [0.2, 0.25) is 0 Å². The van der Waals surface area contributed by atoms with Gasteiger partial charge < -0.3 is 9.47 Å². The highest BCUT2D eigenvalue weighted by Gasteiger charge is 2.54. The fourth-order valence-electron chi connectivity index (χ4n) is 7.91. The molecule has 1 fully saturated rings. The lowest BCUT2D eigenvalue weighted by atomic mass is 9.55. The van der Waals surface area contributed by atoms with Gasteiger partial charge in [-0.3, -0.25) is 9.36 Å². The van der Waals surface area contributed by atoms with Crippen molar-refractivity contribution in [1.82, 2.24) is 9.55 Å². The first-order valence-corrected chi connectivity index (χ1v) is 14.6. The zero-order chi connectivity index (χ0) is 26.0. The second-order valence-electron chi connectivity index (χ2n) is 11.6. The Bertz CT molecular complexity index is 1590. The van der Waals surface area contributed by atoms with Crippen LogP contribution < -0.4 is 15.0 Å². The Kier molecular flexibility index (Phi) is 5.66. The van der Waals surface area contributed by atoms with Crippen molar-refractivity contribution >= 4 is 21.6 Å². The van der Waals surface area contributed by atoms with Crippen molar-refractivity contribution in [3.63, 3.8) is 0 Å². The van der Waals surface area contributed by atoms with Gasteiger partial charge in [0.1, 0.15) is 16.3 Å². The highest BCUT2D eigenvalue weighted by Crippen LogP contribution is 2.62. The Balaban J connectivity index is 1.20. The minimum atomic E-state index is 0.0503. The molecule has 7 rings (SSSR count). The lowest BCUT2D eigenvalue weighted by molar-refractivity contribution is 0.106. The van der Waals surface area contributed by atoms with Crippen LogP contribution in [0.4, 0.5) is 0 Å². The van der Waals surface area contributed by atoms with Crippen molar-refractivity contribution < 1.29 is 9.47 Å². The van der Waals surface area contributed by atoms with Crippen molar-refractivity contribution in [2.75, 3.05) is 14.2 Å². The van der Waals surface area contributed by atoms with Gasteiger partial charge in [0.05, 0.1) is 25.9 Å². The fourth-order valence-corrected chi connectivity index (χ4v) is 9.24. The third kappa shape index (κ3) is 3.56. The molecule has 3 aliphatic carbocycles. The maximum absolute atomic E-state index is 13.9. The summed E-state index contributed by atoms with van der Waals surface area (Å²) in [5.41, 5.74) is 5.70. The highest BCUT2D eigenvalue weighted by molar-refractivity contribution is 7.18. The Morgan fingerprint density at radius 2 is 1.87 bits per heavy atom. The van der Waals surface area contributed by atoms with E-state index < -0.39 is 0 Å². The van der Waals surface area contributed by atoms with Crippen LogP contribution in [0, 0.1) is 11.8 Å². The van der Waals surface area contributed by atoms with E-state index in [4.69, 9.17) is 14.5 Å².